The van der Waals surface area contributed by atoms with Crippen molar-refractivity contribution in [1.82, 2.24) is 0 Å². The number of carbonyl (C=O) groups is 1. The summed E-state index contributed by atoms with van der Waals surface area (Å²) < 4.78 is 10.7. The van der Waals surface area contributed by atoms with Crippen molar-refractivity contribution < 1.29 is 19.4 Å². The van der Waals surface area contributed by atoms with Gasteiger partial charge in [-0.25, -0.2) is 4.79 Å². The van der Waals surface area contributed by atoms with Crippen LogP contribution in [0.5, 0.6) is 11.5 Å². The Morgan fingerprint density at radius 3 is 2.24 bits per heavy atom. The van der Waals surface area contributed by atoms with Gasteiger partial charge in [0.1, 0.15) is 18.1 Å². The summed E-state index contributed by atoms with van der Waals surface area (Å²) in [4.78, 5) is 10.5. The standard InChI is InChI=1S/C13H16O4/c1-3-16-11-4-6-12(7-5-11)17-9-8-10(2)13(14)15/h4-8H,3,9H2,1-2H3,(H,14,15). The van der Waals surface area contributed by atoms with Crippen LogP contribution in [-0.4, -0.2) is 24.3 Å². The van der Waals surface area contributed by atoms with Crippen molar-refractivity contribution in [2.45, 2.75) is 13.8 Å². The first-order valence-corrected chi connectivity index (χ1v) is 5.39. The minimum absolute atomic E-state index is 0.242. The fourth-order valence-corrected chi connectivity index (χ4v) is 1.15. The molecule has 0 heterocycles. The average molecular weight is 236 g/mol. The lowest BCUT2D eigenvalue weighted by molar-refractivity contribution is -0.132. The molecule has 1 aromatic rings. The number of hydrogen-bond donors (Lipinski definition) is 1. The predicted molar refractivity (Wildman–Crippen MR) is 64.5 cm³/mol. The van der Waals surface area contributed by atoms with Crippen LogP contribution in [0.1, 0.15) is 13.8 Å². The molecule has 0 fully saturated rings. The van der Waals surface area contributed by atoms with Gasteiger partial charge in [0.15, 0.2) is 0 Å². The number of carboxylic acids is 1. The number of rotatable bonds is 6. The molecule has 92 valence electrons. The van der Waals surface area contributed by atoms with Gasteiger partial charge < -0.3 is 14.6 Å². The van der Waals surface area contributed by atoms with E-state index in [0.29, 0.717) is 12.4 Å². The third kappa shape index (κ3) is 4.59. The van der Waals surface area contributed by atoms with Crippen LogP contribution in [0.2, 0.25) is 0 Å². The molecule has 0 aliphatic carbocycles. The highest BCUT2D eigenvalue weighted by Gasteiger charge is 1.99. The lowest BCUT2D eigenvalue weighted by Crippen LogP contribution is -2.00. The van der Waals surface area contributed by atoms with Gasteiger partial charge >= 0.3 is 5.97 Å². The fraction of sp³-hybridized carbons (Fsp3) is 0.308. The molecular weight excluding hydrogens is 220 g/mol. The molecule has 4 heteroatoms. The zero-order valence-corrected chi connectivity index (χ0v) is 9.97. The minimum Gasteiger partial charge on any atom is -0.494 e. The average Bonchev–Trinajstić information content (AvgIpc) is 2.31. The van der Waals surface area contributed by atoms with Crippen molar-refractivity contribution in [1.29, 1.82) is 0 Å². The molecule has 4 nitrogen and oxygen atoms in total. The van der Waals surface area contributed by atoms with Crippen molar-refractivity contribution in [3.8, 4) is 11.5 Å². The molecule has 0 spiro atoms. The molecule has 1 N–H and O–H groups in total. The van der Waals surface area contributed by atoms with E-state index in [2.05, 4.69) is 0 Å². The SMILES string of the molecule is CCOc1ccc(OCC=C(C)C(=O)O)cc1. The first kappa shape index (κ1) is 13.1. The van der Waals surface area contributed by atoms with Gasteiger partial charge in [0.2, 0.25) is 0 Å². The highest BCUT2D eigenvalue weighted by atomic mass is 16.5. The maximum absolute atomic E-state index is 10.5. The van der Waals surface area contributed by atoms with E-state index >= 15 is 0 Å². The van der Waals surface area contributed by atoms with Gasteiger partial charge in [-0.15, -0.1) is 0 Å². The lowest BCUT2D eigenvalue weighted by Gasteiger charge is -2.05. The predicted octanol–water partition coefficient (Wildman–Crippen LogP) is 2.50. The number of ether oxygens (including phenoxy) is 2. The second-order valence-electron chi connectivity index (χ2n) is 3.41. The van der Waals surface area contributed by atoms with Gasteiger partial charge in [-0.3, -0.25) is 0 Å². The zero-order chi connectivity index (χ0) is 12.7. The van der Waals surface area contributed by atoms with Crippen molar-refractivity contribution in [2.24, 2.45) is 0 Å². The van der Waals surface area contributed by atoms with E-state index in [0.717, 1.165) is 5.75 Å². The smallest absolute Gasteiger partial charge is 0.331 e. The molecule has 0 bridgehead atoms. The third-order valence-electron chi connectivity index (χ3n) is 2.11. The molecular formula is C13H16O4. The first-order valence-electron chi connectivity index (χ1n) is 5.39. The van der Waals surface area contributed by atoms with Crippen LogP contribution in [0.4, 0.5) is 0 Å². The first-order chi connectivity index (χ1) is 8.13. The molecule has 0 saturated carbocycles. The number of hydrogen-bond acceptors (Lipinski definition) is 3. The minimum atomic E-state index is -0.930. The third-order valence-corrected chi connectivity index (χ3v) is 2.11. The van der Waals surface area contributed by atoms with Crippen LogP contribution in [0.25, 0.3) is 0 Å². The lowest BCUT2D eigenvalue weighted by atomic mass is 10.3. The Morgan fingerprint density at radius 2 is 1.76 bits per heavy atom. The fourth-order valence-electron chi connectivity index (χ4n) is 1.15. The van der Waals surface area contributed by atoms with Gasteiger partial charge in [-0.1, -0.05) is 0 Å². The highest BCUT2D eigenvalue weighted by Crippen LogP contribution is 2.17. The molecule has 1 rings (SSSR count). The Hall–Kier alpha value is -1.97. The van der Waals surface area contributed by atoms with Gasteiger partial charge in [0, 0.05) is 5.57 Å². The Kier molecular flexibility index (Phi) is 5.07. The van der Waals surface area contributed by atoms with E-state index in [4.69, 9.17) is 14.6 Å². The summed E-state index contributed by atoms with van der Waals surface area (Å²) in [5.74, 6) is 0.542. The number of carboxylic acid groups (broad SMARTS) is 1. The molecule has 1 aromatic carbocycles. The van der Waals surface area contributed by atoms with E-state index in [9.17, 15) is 4.79 Å². The Balaban J connectivity index is 2.47. The molecule has 0 radical (unpaired) electrons. The van der Waals surface area contributed by atoms with E-state index in [1.165, 1.54) is 13.0 Å². The summed E-state index contributed by atoms with van der Waals surface area (Å²) in [5, 5.41) is 8.63. The van der Waals surface area contributed by atoms with Crippen LogP contribution in [0.15, 0.2) is 35.9 Å². The van der Waals surface area contributed by atoms with Crippen molar-refractivity contribution in [2.75, 3.05) is 13.2 Å². The molecule has 0 amide bonds. The zero-order valence-electron chi connectivity index (χ0n) is 9.97. The van der Waals surface area contributed by atoms with Crippen LogP contribution >= 0.6 is 0 Å². The summed E-state index contributed by atoms with van der Waals surface area (Å²) in [7, 11) is 0. The van der Waals surface area contributed by atoms with Crippen LogP contribution in [0.3, 0.4) is 0 Å². The van der Waals surface area contributed by atoms with Gasteiger partial charge in [0.05, 0.1) is 6.61 Å². The van der Waals surface area contributed by atoms with Crippen LogP contribution < -0.4 is 9.47 Å². The van der Waals surface area contributed by atoms with Crippen LogP contribution in [0, 0.1) is 0 Å². The molecule has 0 aliphatic heterocycles. The molecule has 0 atom stereocenters. The van der Waals surface area contributed by atoms with Crippen molar-refractivity contribution in [3.05, 3.63) is 35.9 Å². The molecule has 0 aromatic heterocycles. The number of benzene rings is 1. The Morgan fingerprint density at radius 1 is 1.24 bits per heavy atom. The summed E-state index contributed by atoms with van der Waals surface area (Å²) >= 11 is 0. The quantitative estimate of drug-likeness (QED) is 0.771. The molecule has 0 saturated heterocycles. The molecule has 0 aliphatic rings. The normalized spacial score (nSPS) is 11.1. The van der Waals surface area contributed by atoms with E-state index in [-0.39, 0.29) is 12.2 Å². The maximum atomic E-state index is 10.5. The maximum Gasteiger partial charge on any atom is 0.331 e. The van der Waals surface area contributed by atoms with E-state index in [1.54, 1.807) is 12.1 Å². The second-order valence-corrected chi connectivity index (χ2v) is 3.41. The summed E-state index contributed by atoms with van der Waals surface area (Å²) in [6.45, 7) is 4.32. The monoisotopic (exact) mass is 236 g/mol. The largest absolute Gasteiger partial charge is 0.494 e. The topological polar surface area (TPSA) is 55.8 Å². The van der Waals surface area contributed by atoms with Crippen molar-refractivity contribution >= 4 is 5.97 Å². The van der Waals surface area contributed by atoms with Gasteiger partial charge in [-0.05, 0) is 44.2 Å². The Labute approximate surface area is 100 Å². The Bertz CT molecular complexity index is 392. The van der Waals surface area contributed by atoms with E-state index in [1.807, 2.05) is 19.1 Å². The number of aliphatic carboxylic acids is 1. The summed E-state index contributed by atoms with van der Waals surface area (Å²) in [6, 6.07) is 7.20. The van der Waals surface area contributed by atoms with Gasteiger partial charge in [-0.2, -0.15) is 0 Å². The summed E-state index contributed by atoms with van der Waals surface area (Å²) in [5.41, 5.74) is 0.274. The molecule has 0 unspecified atom stereocenters. The molecule has 17 heavy (non-hydrogen) atoms. The van der Waals surface area contributed by atoms with E-state index < -0.39 is 5.97 Å². The van der Waals surface area contributed by atoms with Gasteiger partial charge in [0.25, 0.3) is 0 Å². The summed E-state index contributed by atoms with van der Waals surface area (Å²) in [6.07, 6.45) is 1.53. The van der Waals surface area contributed by atoms with Crippen LogP contribution in [-0.2, 0) is 4.79 Å². The second kappa shape index (κ2) is 6.58. The van der Waals surface area contributed by atoms with Crippen molar-refractivity contribution in [3.63, 3.8) is 0 Å². The highest BCUT2D eigenvalue weighted by molar-refractivity contribution is 5.85.